The maximum absolute atomic E-state index is 12.0. The van der Waals surface area contributed by atoms with E-state index in [0.717, 1.165) is 49.9 Å². The molecule has 4 saturated carbocycles. The lowest BCUT2D eigenvalue weighted by Gasteiger charge is -2.58. The van der Waals surface area contributed by atoms with E-state index in [-0.39, 0.29) is 11.3 Å². The summed E-state index contributed by atoms with van der Waals surface area (Å²) in [5.74, 6) is 2.95. The molecule has 0 aromatic rings. The maximum Gasteiger partial charge on any atom is 0.307 e. The average molecular weight is 349 g/mol. The van der Waals surface area contributed by atoms with E-state index in [4.69, 9.17) is 0 Å². The van der Waals surface area contributed by atoms with Gasteiger partial charge >= 0.3 is 5.97 Å². The second kappa shape index (κ2) is 6.25. The van der Waals surface area contributed by atoms with Crippen LogP contribution in [0.3, 0.4) is 0 Å². The largest absolute Gasteiger partial charge is 0.481 e. The number of carboxylic acid groups (broad SMARTS) is 1. The summed E-state index contributed by atoms with van der Waals surface area (Å²) in [5, 5.41) is 20.4. The fraction of sp³-hybridized carbons (Fsp3) is 0.955. The molecule has 0 spiro atoms. The quantitative estimate of drug-likeness (QED) is 0.710. The number of aliphatic hydroxyl groups is 1. The minimum atomic E-state index is -0.546. The number of hydrogen-bond acceptors (Lipinski definition) is 2. The molecule has 0 aliphatic heterocycles. The van der Waals surface area contributed by atoms with Gasteiger partial charge in [-0.25, -0.2) is 0 Å². The molecule has 1 unspecified atom stereocenters. The van der Waals surface area contributed by atoms with E-state index in [2.05, 4.69) is 6.92 Å². The molecule has 0 heterocycles. The third-order valence-corrected chi connectivity index (χ3v) is 9.03. The van der Waals surface area contributed by atoms with Crippen LogP contribution in [0, 0.1) is 40.9 Å². The molecule has 3 nitrogen and oxygen atoms in total. The number of aliphatic carboxylic acids is 1. The van der Waals surface area contributed by atoms with Crippen molar-refractivity contribution in [2.75, 3.05) is 0 Å². The highest BCUT2D eigenvalue weighted by Crippen LogP contribution is 2.62. The summed E-state index contributed by atoms with van der Waals surface area (Å²) < 4.78 is 0. The number of carbonyl (C=O) groups is 1. The predicted molar refractivity (Wildman–Crippen MR) is 98.1 cm³/mol. The topological polar surface area (TPSA) is 57.5 Å². The van der Waals surface area contributed by atoms with Crippen molar-refractivity contribution in [3.63, 3.8) is 0 Å². The van der Waals surface area contributed by atoms with Crippen LogP contribution in [0.1, 0.15) is 84.5 Å². The van der Waals surface area contributed by atoms with Crippen LogP contribution in [0.5, 0.6) is 0 Å². The number of carboxylic acids is 1. The van der Waals surface area contributed by atoms with E-state index >= 15 is 0 Å². The Labute approximate surface area is 152 Å². The van der Waals surface area contributed by atoms with E-state index in [1.807, 2.05) is 6.92 Å². The van der Waals surface area contributed by atoms with Gasteiger partial charge in [0, 0.05) is 0 Å². The number of fused-ring (bicyclic) bond motifs is 5. The Morgan fingerprint density at radius 2 is 1.60 bits per heavy atom. The normalized spacial score (nSPS) is 53.1. The second-order valence-corrected chi connectivity index (χ2v) is 10.4. The monoisotopic (exact) mass is 348 g/mol. The van der Waals surface area contributed by atoms with Crippen molar-refractivity contribution in [1.29, 1.82) is 0 Å². The molecule has 25 heavy (non-hydrogen) atoms. The zero-order valence-electron chi connectivity index (χ0n) is 16.0. The molecule has 0 aromatic heterocycles. The predicted octanol–water partition coefficient (Wildman–Crippen LogP) is 4.87. The van der Waals surface area contributed by atoms with Crippen molar-refractivity contribution < 1.29 is 15.0 Å². The third-order valence-electron chi connectivity index (χ3n) is 9.03. The Morgan fingerprint density at radius 1 is 0.880 bits per heavy atom. The summed E-state index contributed by atoms with van der Waals surface area (Å²) in [6.45, 7) is 4.34. The van der Waals surface area contributed by atoms with Gasteiger partial charge in [-0.05, 0) is 99.7 Å². The molecule has 3 heteroatoms. The van der Waals surface area contributed by atoms with Crippen LogP contribution in [0.25, 0.3) is 0 Å². The molecule has 8 atom stereocenters. The lowest BCUT2D eigenvalue weighted by atomic mass is 9.47. The Morgan fingerprint density at radius 3 is 2.36 bits per heavy atom. The van der Waals surface area contributed by atoms with Crippen LogP contribution < -0.4 is 0 Å². The second-order valence-electron chi connectivity index (χ2n) is 10.4. The van der Waals surface area contributed by atoms with Gasteiger partial charge in [0.25, 0.3) is 0 Å². The highest BCUT2D eigenvalue weighted by Gasteiger charge is 2.56. The van der Waals surface area contributed by atoms with Gasteiger partial charge in [0.2, 0.25) is 0 Å². The first-order valence-corrected chi connectivity index (χ1v) is 10.8. The first-order chi connectivity index (χ1) is 11.8. The standard InChI is InChI=1S/C22H36O3/c1-21(25)11-9-15-14(13-21)7-8-17-16(15)10-12-22(2)18(17)5-3-4-6-19(22)20(23)24/h14-19,25H,3-13H2,1-2H3,(H,23,24)/t14-,15+,16-,17-,18+,19?,21-,22+/m1/s1. The highest BCUT2D eigenvalue weighted by molar-refractivity contribution is 5.71. The average Bonchev–Trinajstić information content (AvgIpc) is 2.72. The van der Waals surface area contributed by atoms with Gasteiger partial charge in [-0.3, -0.25) is 4.79 Å². The van der Waals surface area contributed by atoms with Crippen molar-refractivity contribution in [2.45, 2.75) is 90.1 Å². The first-order valence-electron chi connectivity index (χ1n) is 10.8. The number of rotatable bonds is 1. The molecule has 0 radical (unpaired) electrons. The van der Waals surface area contributed by atoms with Gasteiger partial charge in [-0.2, -0.15) is 0 Å². The Hall–Kier alpha value is -0.570. The molecule has 4 fully saturated rings. The fourth-order valence-electron chi connectivity index (χ4n) is 7.85. The summed E-state index contributed by atoms with van der Waals surface area (Å²) in [6, 6.07) is 0. The van der Waals surface area contributed by atoms with Gasteiger partial charge in [-0.1, -0.05) is 19.8 Å². The molecule has 0 amide bonds. The fourth-order valence-corrected chi connectivity index (χ4v) is 7.85. The summed E-state index contributed by atoms with van der Waals surface area (Å²) in [7, 11) is 0. The van der Waals surface area contributed by atoms with E-state index in [0.29, 0.717) is 11.8 Å². The summed E-state index contributed by atoms with van der Waals surface area (Å²) in [6.07, 6.45) is 12.4. The Kier molecular flexibility index (Phi) is 4.46. The van der Waals surface area contributed by atoms with Gasteiger partial charge in [-0.15, -0.1) is 0 Å². The minimum Gasteiger partial charge on any atom is -0.481 e. The van der Waals surface area contributed by atoms with E-state index in [1.165, 1.54) is 38.5 Å². The smallest absolute Gasteiger partial charge is 0.307 e. The Bertz CT molecular complexity index is 527. The highest BCUT2D eigenvalue weighted by atomic mass is 16.4. The molecular weight excluding hydrogens is 312 g/mol. The van der Waals surface area contributed by atoms with E-state index in [1.54, 1.807) is 0 Å². The van der Waals surface area contributed by atoms with Crippen LogP contribution in [0.2, 0.25) is 0 Å². The van der Waals surface area contributed by atoms with Crippen LogP contribution in [-0.2, 0) is 4.79 Å². The first kappa shape index (κ1) is 17.8. The SMILES string of the molecule is C[C@@]1(O)CC[C@H]2[C@H](CC[C@@H]3[C@@H]2CC[C@]2(C)C(C(=O)O)CCCC[C@@H]32)C1. The molecule has 0 saturated heterocycles. The molecule has 142 valence electrons. The van der Waals surface area contributed by atoms with E-state index < -0.39 is 11.6 Å². The van der Waals surface area contributed by atoms with Gasteiger partial charge in [0.1, 0.15) is 0 Å². The van der Waals surface area contributed by atoms with Crippen LogP contribution in [-0.4, -0.2) is 21.8 Å². The molecule has 0 bridgehead atoms. The van der Waals surface area contributed by atoms with Crippen molar-refractivity contribution in [3.05, 3.63) is 0 Å². The minimum absolute atomic E-state index is 0.0104. The van der Waals surface area contributed by atoms with E-state index in [9.17, 15) is 15.0 Å². The molecule has 4 aliphatic rings. The third kappa shape index (κ3) is 2.95. The number of hydrogen-bond donors (Lipinski definition) is 2. The van der Waals surface area contributed by atoms with Crippen LogP contribution >= 0.6 is 0 Å². The summed E-state index contributed by atoms with van der Waals surface area (Å²) in [4.78, 5) is 12.0. The van der Waals surface area contributed by atoms with Crippen molar-refractivity contribution in [1.82, 2.24) is 0 Å². The van der Waals surface area contributed by atoms with Crippen LogP contribution in [0.15, 0.2) is 0 Å². The zero-order chi connectivity index (χ0) is 17.8. The molecule has 0 aromatic carbocycles. The molecule has 4 aliphatic carbocycles. The lowest BCUT2D eigenvalue weighted by Crippen LogP contribution is -2.53. The van der Waals surface area contributed by atoms with Crippen molar-refractivity contribution in [2.24, 2.45) is 40.9 Å². The Balaban J connectivity index is 1.59. The van der Waals surface area contributed by atoms with Crippen molar-refractivity contribution >= 4 is 5.97 Å². The van der Waals surface area contributed by atoms with Crippen LogP contribution in [0.4, 0.5) is 0 Å². The van der Waals surface area contributed by atoms with Gasteiger partial charge in [0.15, 0.2) is 0 Å². The lowest BCUT2D eigenvalue weighted by molar-refractivity contribution is -0.156. The summed E-state index contributed by atoms with van der Waals surface area (Å²) in [5.41, 5.74) is -0.440. The van der Waals surface area contributed by atoms with Crippen molar-refractivity contribution in [3.8, 4) is 0 Å². The van der Waals surface area contributed by atoms with Gasteiger partial charge in [0.05, 0.1) is 11.5 Å². The molecular formula is C22H36O3. The maximum atomic E-state index is 12.0. The molecule has 2 N–H and O–H groups in total. The zero-order valence-corrected chi connectivity index (χ0v) is 16.0. The summed E-state index contributed by atoms with van der Waals surface area (Å²) >= 11 is 0. The molecule has 4 rings (SSSR count). The van der Waals surface area contributed by atoms with Gasteiger partial charge < -0.3 is 10.2 Å².